The number of benzene rings is 1. The van der Waals surface area contributed by atoms with E-state index in [1.165, 1.54) is 23.8 Å². The second kappa shape index (κ2) is 13.5. The third-order valence-corrected chi connectivity index (χ3v) is 5.26. The van der Waals surface area contributed by atoms with Crippen molar-refractivity contribution in [2.45, 2.75) is 53.4 Å². The summed E-state index contributed by atoms with van der Waals surface area (Å²) in [5.41, 5.74) is 7.05. The fraction of sp³-hybridized carbons (Fsp3) is 0.346. The summed E-state index contributed by atoms with van der Waals surface area (Å²) in [6, 6.07) is 0. The molecular weight excluding hydrogens is 400 g/mol. The Labute approximate surface area is 190 Å². The number of hydrogen-bond acceptors (Lipinski definition) is 2. The van der Waals surface area contributed by atoms with Crippen molar-refractivity contribution in [3.63, 3.8) is 0 Å². The summed E-state index contributed by atoms with van der Waals surface area (Å²) >= 11 is 0. The quantitative estimate of drug-likeness (QED) is 0.439. The zero-order valence-electron chi connectivity index (χ0n) is 18.2. The third-order valence-electron chi connectivity index (χ3n) is 5.26. The van der Waals surface area contributed by atoms with E-state index < -0.39 is 0 Å². The van der Waals surface area contributed by atoms with Gasteiger partial charge in [0.2, 0.25) is 0 Å². The van der Waals surface area contributed by atoms with Crippen molar-refractivity contribution in [1.82, 2.24) is 0 Å². The van der Waals surface area contributed by atoms with Crippen LogP contribution >= 0.6 is 0 Å². The minimum Gasteiger partial charge on any atom is -0.465 e. The smallest absolute Gasteiger partial charge is 0.465 e. The molecule has 0 bridgehead atoms. The Morgan fingerprint density at radius 2 is 1.10 bits per heavy atom. The van der Waals surface area contributed by atoms with Crippen LogP contribution < -0.4 is 0 Å². The molecule has 3 heteroatoms. The predicted octanol–water partition coefficient (Wildman–Crippen LogP) is 5.50. The maximum absolute atomic E-state index is 12.6. The summed E-state index contributed by atoms with van der Waals surface area (Å²) in [7, 11) is 1.47. The van der Waals surface area contributed by atoms with E-state index in [9.17, 15) is 4.79 Å². The first-order valence-electron chi connectivity index (χ1n) is 10.3. The molecule has 0 aromatic heterocycles. The zero-order chi connectivity index (χ0) is 20.5. The molecule has 0 N–H and O–H groups in total. The molecule has 1 aromatic rings. The van der Waals surface area contributed by atoms with Gasteiger partial charge < -0.3 is 4.74 Å². The van der Waals surface area contributed by atoms with Crippen LogP contribution in [0.1, 0.15) is 65.9 Å². The summed E-state index contributed by atoms with van der Waals surface area (Å²) < 4.78 is 5.15. The van der Waals surface area contributed by atoms with Crippen LogP contribution in [0.3, 0.4) is 0 Å². The molecule has 3 rings (SSSR count). The fourth-order valence-corrected chi connectivity index (χ4v) is 4.11. The van der Waals surface area contributed by atoms with Crippen molar-refractivity contribution in [1.29, 1.82) is 0 Å². The van der Waals surface area contributed by atoms with Gasteiger partial charge in [-0.3, -0.25) is 0 Å². The molecule has 0 spiro atoms. The van der Waals surface area contributed by atoms with E-state index in [4.69, 9.17) is 4.74 Å². The van der Waals surface area contributed by atoms with Crippen molar-refractivity contribution >= 4 is 5.97 Å². The fourth-order valence-electron chi connectivity index (χ4n) is 4.11. The van der Waals surface area contributed by atoms with E-state index in [0.717, 1.165) is 48.3 Å². The van der Waals surface area contributed by atoms with Gasteiger partial charge >= 0.3 is 23.0 Å². The van der Waals surface area contributed by atoms with Gasteiger partial charge in [0.15, 0.2) is 0 Å². The van der Waals surface area contributed by atoms with Crippen LogP contribution in [-0.4, -0.2) is 13.1 Å². The predicted molar refractivity (Wildman–Crippen MR) is 116 cm³/mol. The van der Waals surface area contributed by atoms with E-state index >= 15 is 0 Å². The molecule has 0 aliphatic heterocycles. The number of methoxy groups -OCH3 is 1. The second-order valence-electron chi connectivity index (χ2n) is 6.71. The summed E-state index contributed by atoms with van der Waals surface area (Å²) in [5.74, 6) is 0.902. The average molecular weight is 432 g/mol. The normalized spacial score (nSPS) is 16.2. The second-order valence-corrected chi connectivity index (χ2v) is 6.71. The Morgan fingerprint density at radius 1 is 0.690 bits per heavy atom. The van der Waals surface area contributed by atoms with Gasteiger partial charge in [0, 0.05) is 5.92 Å². The van der Waals surface area contributed by atoms with E-state index in [-0.39, 0.29) is 23.0 Å². The van der Waals surface area contributed by atoms with Crippen LogP contribution in [0.5, 0.6) is 0 Å². The maximum Gasteiger partial charge on any atom is 2.00 e. The Morgan fingerprint density at radius 3 is 1.48 bits per heavy atom. The molecule has 154 valence electrons. The first-order chi connectivity index (χ1) is 13.6. The average Bonchev–Trinajstić information content (AvgIpc) is 3.47. The van der Waals surface area contributed by atoms with Crippen LogP contribution in [0.4, 0.5) is 0 Å². The Balaban J connectivity index is 0.000000610. The standard InChI is InChI=1S/C21H27O2.C5H5.Fe/c1-6-15-16(7-2)18(9-4)20(21(22)23-5)19(17(15)8-3)14-12-10-11-13-14;1-2-4-5-3-1;/h10-13H,6-9H2,1-5H3;1-5H;/q;;+2. The van der Waals surface area contributed by atoms with Gasteiger partial charge in [0.25, 0.3) is 0 Å². The zero-order valence-corrected chi connectivity index (χ0v) is 19.3. The van der Waals surface area contributed by atoms with Crippen molar-refractivity contribution in [2.24, 2.45) is 0 Å². The molecule has 2 aliphatic rings. The Kier molecular flexibility index (Phi) is 12.2. The first kappa shape index (κ1) is 26.2. The molecule has 2 aliphatic carbocycles. The summed E-state index contributed by atoms with van der Waals surface area (Å²) in [6.07, 6.45) is 21.9. The van der Waals surface area contributed by atoms with Crippen molar-refractivity contribution in [2.75, 3.05) is 7.11 Å². The summed E-state index contributed by atoms with van der Waals surface area (Å²) in [5, 5.41) is 0. The molecule has 29 heavy (non-hydrogen) atoms. The van der Waals surface area contributed by atoms with Crippen LogP contribution in [0.15, 0.2) is 0 Å². The van der Waals surface area contributed by atoms with Crippen LogP contribution in [0.2, 0.25) is 0 Å². The number of carbonyl (C=O) groups excluding carboxylic acids is 1. The Bertz CT molecular complexity index is 633. The van der Waals surface area contributed by atoms with E-state index in [0.29, 0.717) is 0 Å². The van der Waals surface area contributed by atoms with Crippen LogP contribution in [0.25, 0.3) is 0 Å². The number of carbonyl (C=O) groups is 1. The topological polar surface area (TPSA) is 26.3 Å². The molecule has 2 fully saturated rings. The minimum atomic E-state index is -0.217. The summed E-state index contributed by atoms with van der Waals surface area (Å²) in [6.45, 7) is 8.68. The monoisotopic (exact) mass is 432 g/mol. The van der Waals surface area contributed by atoms with Gasteiger partial charge in [0.05, 0.1) is 12.7 Å². The maximum atomic E-state index is 12.6. The largest absolute Gasteiger partial charge is 2.00 e. The molecule has 2 saturated carbocycles. The number of rotatable bonds is 6. The molecule has 0 saturated heterocycles. The molecule has 0 amide bonds. The Hall–Kier alpha value is -0.791. The van der Waals surface area contributed by atoms with Crippen LogP contribution in [0, 0.1) is 63.7 Å². The minimum absolute atomic E-state index is 0. The molecule has 10 radical (unpaired) electrons. The molecule has 0 atom stereocenters. The molecule has 0 heterocycles. The van der Waals surface area contributed by atoms with Gasteiger partial charge in [-0.1, -0.05) is 27.7 Å². The first-order valence-corrected chi connectivity index (χ1v) is 10.3. The SMILES string of the molecule is CCc1c(CC)c(CC)c(C(=O)OC)c([C]2[CH][CH][CH][CH]2)c1CC.[CH]1[CH][CH][CH][CH]1.[Fe+2]. The van der Waals surface area contributed by atoms with Crippen molar-refractivity contribution in [3.8, 4) is 0 Å². The molecular formula is C26H32FeO2+2. The van der Waals surface area contributed by atoms with Gasteiger partial charge in [-0.25, -0.2) is 4.79 Å². The van der Waals surface area contributed by atoms with E-state index in [1.54, 1.807) is 0 Å². The van der Waals surface area contributed by atoms with E-state index in [1.807, 2.05) is 44.9 Å². The van der Waals surface area contributed by atoms with E-state index in [2.05, 4.69) is 40.5 Å². The number of ether oxygens (including phenoxy) is 1. The van der Waals surface area contributed by atoms with Crippen molar-refractivity contribution in [3.05, 3.63) is 97.1 Å². The number of esters is 1. The van der Waals surface area contributed by atoms with Gasteiger partial charge in [-0.05, 0) is 111 Å². The van der Waals surface area contributed by atoms with Gasteiger partial charge in [0.1, 0.15) is 0 Å². The molecule has 0 unspecified atom stereocenters. The van der Waals surface area contributed by atoms with Crippen molar-refractivity contribution < 1.29 is 26.6 Å². The number of hydrogen-bond donors (Lipinski definition) is 0. The summed E-state index contributed by atoms with van der Waals surface area (Å²) in [4.78, 5) is 12.6. The van der Waals surface area contributed by atoms with Gasteiger partial charge in [-0.2, -0.15) is 0 Å². The van der Waals surface area contributed by atoms with Crippen LogP contribution in [-0.2, 0) is 47.5 Å². The third kappa shape index (κ3) is 6.11. The van der Waals surface area contributed by atoms with Gasteiger partial charge in [-0.15, -0.1) is 0 Å². The molecule has 1 aromatic carbocycles. The molecule has 2 nitrogen and oxygen atoms in total.